The van der Waals surface area contributed by atoms with Gasteiger partial charge in [0.25, 0.3) is 0 Å². The lowest BCUT2D eigenvalue weighted by Crippen LogP contribution is -2.41. The van der Waals surface area contributed by atoms with Crippen LogP contribution in [0.15, 0.2) is 48.5 Å². The molecule has 0 aromatic heterocycles. The maximum Gasteiger partial charge on any atom is 0.416 e. The molecule has 2 aromatic rings. The Kier molecular flexibility index (Phi) is 7.09. The van der Waals surface area contributed by atoms with Crippen molar-refractivity contribution in [2.75, 3.05) is 26.3 Å². The first kappa shape index (κ1) is 22.4. The SMILES string of the molecule is FC(F)(F)c1ccc(OCC2CN(C(c3ccc(Cl)cc3)C3CCC3)CCCO2)cc1. The van der Waals surface area contributed by atoms with E-state index in [-0.39, 0.29) is 6.10 Å². The lowest BCUT2D eigenvalue weighted by molar-refractivity contribution is -0.137. The summed E-state index contributed by atoms with van der Waals surface area (Å²) in [6.45, 7) is 2.63. The van der Waals surface area contributed by atoms with Crippen molar-refractivity contribution < 1.29 is 22.6 Å². The van der Waals surface area contributed by atoms with Gasteiger partial charge in [0, 0.05) is 30.8 Å². The molecule has 1 aliphatic heterocycles. The number of alkyl halides is 3. The molecule has 1 aliphatic carbocycles. The molecule has 2 fully saturated rings. The molecule has 0 spiro atoms. The Morgan fingerprint density at radius 1 is 1.03 bits per heavy atom. The zero-order valence-electron chi connectivity index (χ0n) is 17.3. The van der Waals surface area contributed by atoms with E-state index in [9.17, 15) is 13.2 Å². The second kappa shape index (κ2) is 9.80. The lowest BCUT2D eigenvalue weighted by Gasteiger charge is -2.42. The highest BCUT2D eigenvalue weighted by Gasteiger charge is 2.35. The van der Waals surface area contributed by atoms with E-state index in [1.54, 1.807) is 0 Å². The Bertz CT molecular complexity index is 837. The first-order chi connectivity index (χ1) is 14.9. The molecule has 2 aromatic carbocycles. The van der Waals surface area contributed by atoms with Crippen molar-refractivity contribution in [2.45, 2.75) is 44.0 Å². The minimum atomic E-state index is -4.35. The van der Waals surface area contributed by atoms with Gasteiger partial charge >= 0.3 is 6.18 Å². The molecule has 31 heavy (non-hydrogen) atoms. The van der Waals surface area contributed by atoms with Gasteiger partial charge in [0.1, 0.15) is 18.5 Å². The molecule has 2 unspecified atom stereocenters. The molecule has 0 radical (unpaired) electrons. The first-order valence-corrected chi connectivity index (χ1v) is 11.2. The predicted octanol–water partition coefficient (Wildman–Crippen LogP) is 6.37. The average Bonchev–Trinajstić information content (AvgIpc) is 2.95. The maximum atomic E-state index is 12.7. The number of ether oxygens (including phenoxy) is 2. The van der Waals surface area contributed by atoms with Crippen LogP contribution in [-0.2, 0) is 10.9 Å². The highest BCUT2D eigenvalue weighted by molar-refractivity contribution is 6.30. The van der Waals surface area contributed by atoms with Gasteiger partial charge in [0.05, 0.1) is 5.56 Å². The molecule has 168 valence electrons. The quantitative estimate of drug-likeness (QED) is 0.507. The second-order valence-electron chi connectivity index (χ2n) is 8.36. The molecule has 2 atom stereocenters. The number of hydrogen-bond acceptors (Lipinski definition) is 3. The fourth-order valence-electron chi connectivity index (χ4n) is 4.40. The Morgan fingerprint density at radius 3 is 2.35 bits per heavy atom. The number of nitrogens with zero attached hydrogens (tertiary/aromatic N) is 1. The molecule has 7 heteroatoms. The molecule has 0 N–H and O–H groups in total. The zero-order valence-corrected chi connectivity index (χ0v) is 18.0. The maximum absolute atomic E-state index is 12.7. The molecular weight excluding hydrogens is 427 g/mol. The predicted molar refractivity (Wildman–Crippen MR) is 114 cm³/mol. The Hall–Kier alpha value is -1.76. The van der Waals surface area contributed by atoms with Crippen molar-refractivity contribution in [3.8, 4) is 5.75 Å². The highest BCUT2D eigenvalue weighted by atomic mass is 35.5. The highest BCUT2D eigenvalue weighted by Crippen LogP contribution is 2.42. The first-order valence-electron chi connectivity index (χ1n) is 10.8. The summed E-state index contributed by atoms with van der Waals surface area (Å²) < 4.78 is 50.0. The van der Waals surface area contributed by atoms with Crippen molar-refractivity contribution in [2.24, 2.45) is 5.92 Å². The topological polar surface area (TPSA) is 21.7 Å². The summed E-state index contributed by atoms with van der Waals surface area (Å²) in [6.07, 6.45) is 0.156. The number of benzene rings is 2. The van der Waals surface area contributed by atoms with Crippen LogP contribution in [0.1, 0.15) is 42.9 Å². The zero-order chi connectivity index (χ0) is 21.8. The smallest absolute Gasteiger partial charge is 0.416 e. The van der Waals surface area contributed by atoms with E-state index in [0.29, 0.717) is 30.9 Å². The van der Waals surface area contributed by atoms with Crippen LogP contribution in [0.25, 0.3) is 0 Å². The average molecular weight is 454 g/mol. The van der Waals surface area contributed by atoms with E-state index in [1.807, 2.05) is 12.1 Å². The van der Waals surface area contributed by atoms with Crippen LogP contribution in [-0.4, -0.2) is 37.3 Å². The summed E-state index contributed by atoms with van der Waals surface area (Å²) in [4.78, 5) is 2.49. The van der Waals surface area contributed by atoms with Gasteiger partial charge < -0.3 is 9.47 Å². The van der Waals surface area contributed by atoms with Gasteiger partial charge in [-0.2, -0.15) is 13.2 Å². The minimum Gasteiger partial charge on any atom is -0.491 e. The molecule has 1 saturated heterocycles. The van der Waals surface area contributed by atoms with E-state index in [1.165, 1.54) is 37.0 Å². The van der Waals surface area contributed by atoms with Gasteiger partial charge in [-0.25, -0.2) is 0 Å². The van der Waals surface area contributed by atoms with E-state index in [4.69, 9.17) is 21.1 Å². The largest absolute Gasteiger partial charge is 0.491 e. The third-order valence-electron chi connectivity index (χ3n) is 6.20. The molecular formula is C24H27ClF3NO2. The van der Waals surface area contributed by atoms with E-state index < -0.39 is 11.7 Å². The van der Waals surface area contributed by atoms with Crippen LogP contribution in [0.5, 0.6) is 5.75 Å². The van der Waals surface area contributed by atoms with Crippen molar-refractivity contribution in [3.05, 3.63) is 64.7 Å². The molecule has 1 heterocycles. The lowest BCUT2D eigenvalue weighted by atomic mass is 9.76. The summed E-state index contributed by atoms with van der Waals surface area (Å²) in [6, 6.07) is 13.3. The molecule has 3 nitrogen and oxygen atoms in total. The van der Waals surface area contributed by atoms with E-state index in [0.717, 1.165) is 36.7 Å². The van der Waals surface area contributed by atoms with Crippen LogP contribution in [0, 0.1) is 5.92 Å². The van der Waals surface area contributed by atoms with Gasteiger partial charge in [-0.15, -0.1) is 0 Å². The van der Waals surface area contributed by atoms with Gasteiger partial charge in [0.2, 0.25) is 0 Å². The number of halogens is 4. The summed E-state index contributed by atoms with van der Waals surface area (Å²) in [5.74, 6) is 1.04. The van der Waals surface area contributed by atoms with Crippen LogP contribution < -0.4 is 4.74 Å². The van der Waals surface area contributed by atoms with Crippen LogP contribution >= 0.6 is 11.6 Å². The third-order valence-corrected chi connectivity index (χ3v) is 6.45. The monoisotopic (exact) mass is 453 g/mol. The van der Waals surface area contributed by atoms with Crippen molar-refractivity contribution >= 4 is 11.6 Å². The Labute approximate surface area is 186 Å². The normalized spacial score (nSPS) is 21.9. The molecule has 0 bridgehead atoms. The van der Waals surface area contributed by atoms with Crippen LogP contribution in [0.3, 0.4) is 0 Å². The Balaban J connectivity index is 1.42. The van der Waals surface area contributed by atoms with Crippen LogP contribution in [0.2, 0.25) is 5.02 Å². The molecule has 0 amide bonds. The number of hydrogen-bond donors (Lipinski definition) is 0. The molecule has 4 rings (SSSR count). The van der Waals surface area contributed by atoms with E-state index >= 15 is 0 Å². The van der Waals surface area contributed by atoms with Gasteiger partial charge in [0.15, 0.2) is 0 Å². The minimum absolute atomic E-state index is 0.139. The van der Waals surface area contributed by atoms with Crippen LogP contribution in [0.4, 0.5) is 13.2 Å². The fourth-order valence-corrected chi connectivity index (χ4v) is 4.53. The second-order valence-corrected chi connectivity index (χ2v) is 8.80. The summed E-state index contributed by atoms with van der Waals surface area (Å²) in [5, 5.41) is 0.734. The molecule has 1 saturated carbocycles. The summed E-state index contributed by atoms with van der Waals surface area (Å²) in [5.41, 5.74) is 0.599. The van der Waals surface area contributed by atoms with Crippen molar-refractivity contribution in [3.63, 3.8) is 0 Å². The summed E-state index contributed by atoms with van der Waals surface area (Å²) >= 11 is 6.10. The van der Waals surface area contributed by atoms with Crippen molar-refractivity contribution in [1.82, 2.24) is 4.90 Å². The standard InChI is InChI=1S/C24H27ClF3NO2/c25-20-9-5-18(6-10-20)23(17-3-1-4-17)29-13-2-14-30-22(15-29)16-31-21-11-7-19(8-12-21)24(26,27)28/h5-12,17,22-23H,1-4,13-16H2. The van der Waals surface area contributed by atoms with Gasteiger partial charge in [-0.1, -0.05) is 30.2 Å². The molecule has 2 aliphatic rings. The number of rotatable bonds is 6. The van der Waals surface area contributed by atoms with Gasteiger partial charge in [-0.3, -0.25) is 4.90 Å². The Morgan fingerprint density at radius 2 is 1.74 bits per heavy atom. The van der Waals surface area contributed by atoms with E-state index in [2.05, 4.69) is 17.0 Å². The summed E-state index contributed by atoms with van der Waals surface area (Å²) in [7, 11) is 0. The van der Waals surface area contributed by atoms with Gasteiger partial charge in [-0.05, 0) is 67.1 Å². The third kappa shape index (κ3) is 5.73. The van der Waals surface area contributed by atoms with Crippen molar-refractivity contribution in [1.29, 1.82) is 0 Å². The fraction of sp³-hybridized carbons (Fsp3) is 0.500.